The number of aliphatic hydroxyl groups is 1. The number of thioether (sulfide) groups is 1. The summed E-state index contributed by atoms with van der Waals surface area (Å²) in [5, 5.41) is 22.0. The van der Waals surface area contributed by atoms with E-state index in [4.69, 9.17) is 16.9 Å². The highest BCUT2D eigenvalue weighted by atomic mass is 35.5. The molecule has 0 bridgehead atoms. The van der Waals surface area contributed by atoms with Gasteiger partial charge < -0.3 is 10.4 Å². The third-order valence-corrected chi connectivity index (χ3v) is 4.22. The quantitative estimate of drug-likeness (QED) is 0.786. The Morgan fingerprint density at radius 1 is 1.30 bits per heavy atom. The maximum atomic E-state index is 12.1. The van der Waals surface area contributed by atoms with E-state index in [1.807, 2.05) is 12.1 Å². The molecule has 1 unspecified atom stereocenters. The molecule has 0 aliphatic heterocycles. The monoisotopic (exact) mass is 346 g/mol. The van der Waals surface area contributed by atoms with Crippen molar-refractivity contribution in [3.63, 3.8) is 0 Å². The molecule has 6 heteroatoms. The predicted octanol–water partition coefficient (Wildman–Crippen LogP) is 3.42. The minimum absolute atomic E-state index is 0.107. The lowest BCUT2D eigenvalue weighted by Crippen LogP contribution is -2.28. The van der Waals surface area contributed by atoms with Crippen molar-refractivity contribution in [2.75, 3.05) is 12.3 Å². The van der Waals surface area contributed by atoms with E-state index >= 15 is 0 Å². The summed E-state index contributed by atoms with van der Waals surface area (Å²) in [5.74, 6) is 0.0674. The summed E-state index contributed by atoms with van der Waals surface area (Å²) in [6, 6.07) is 15.9. The number of amides is 1. The van der Waals surface area contributed by atoms with Gasteiger partial charge in [0.05, 0.1) is 17.9 Å². The molecule has 23 heavy (non-hydrogen) atoms. The zero-order chi connectivity index (χ0) is 16.7. The first kappa shape index (κ1) is 17.4. The Hall–Kier alpha value is -2.00. The van der Waals surface area contributed by atoms with E-state index in [2.05, 4.69) is 5.32 Å². The molecule has 2 aromatic carbocycles. The standard InChI is InChI=1S/C17H15ClN2O2S/c18-14-6-4-12(5-7-14)16(21)11-20-17(22)13-2-1-3-15(10-13)23-9-8-19/h1-7,10,16,21H,9,11H2,(H,20,22). The molecule has 0 spiro atoms. The molecule has 0 aromatic heterocycles. The molecule has 1 atom stereocenters. The van der Waals surface area contributed by atoms with Crippen molar-refractivity contribution in [3.8, 4) is 6.07 Å². The average Bonchev–Trinajstić information content (AvgIpc) is 2.58. The number of hydrogen-bond acceptors (Lipinski definition) is 4. The summed E-state index contributed by atoms with van der Waals surface area (Å²) in [6.07, 6.45) is -0.799. The first-order chi connectivity index (χ1) is 11.1. The summed E-state index contributed by atoms with van der Waals surface area (Å²) in [7, 11) is 0. The fraction of sp³-hybridized carbons (Fsp3) is 0.176. The Morgan fingerprint density at radius 2 is 2.04 bits per heavy atom. The van der Waals surface area contributed by atoms with E-state index < -0.39 is 6.10 Å². The van der Waals surface area contributed by atoms with Crippen LogP contribution in [0.25, 0.3) is 0 Å². The van der Waals surface area contributed by atoms with Gasteiger partial charge in [-0.05, 0) is 35.9 Å². The van der Waals surface area contributed by atoms with Crippen LogP contribution < -0.4 is 5.32 Å². The van der Waals surface area contributed by atoms with Crippen LogP contribution in [0.2, 0.25) is 5.02 Å². The molecule has 1 amide bonds. The molecule has 0 saturated heterocycles. The number of aliphatic hydroxyl groups excluding tert-OH is 1. The molecule has 0 fully saturated rings. The second-order valence-electron chi connectivity index (χ2n) is 4.75. The van der Waals surface area contributed by atoms with Crippen molar-refractivity contribution in [1.29, 1.82) is 5.26 Å². The lowest BCUT2D eigenvalue weighted by atomic mass is 10.1. The van der Waals surface area contributed by atoms with Crippen molar-refractivity contribution in [2.24, 2.45) is 0 Å². The second-order valence-corrected chi connectivity index (χ2v) is 6.24. The van der Waals surface area contributed by atoms with Crippen LogP contribution in [-0.2, 0) is 0 Å². The molecule has 118 valence electrons. The number of nitrogens with zero attached hydrogens (tertiary/aromatic N) is 1. The van der Waals surface area contributed by atoms with Crippen molar-refractivity contribution < 1.29 is 9.90 Å². The van der Waals surface area contributed by atoms with Gasteiger partial charge in [0.15, 0.2) is 0 Å². The fourth-order valence-corrected chi connectivity index (χ4v) is 2.68. The van der Waals surface area contributed by atoms with Gasteiger partial charge in [-0.3, -0.25) is 4.79 Å². The van der Waals surface area contributed by atoms with Gasteiger partial charge in [-0.15, -0.1) is 11.8 Å². The summed E-state index contributed by atoms with van der Waals surface area (Å²) in [4.78, 5) is 13.0. The van der Waals surface area contributed by atoms with Gasteiger partial charge in [0.25, 0.3) is 5.91 Å². The Bertz CT molecular complexity index is 713. The van der Waals surface area contributed by atoms with E-state index in [0.29, 0.717) is 21.9 Å². The van der Waals surface area contributed by atoms with Gasteiger partial charge in [-0.2, -0.15) is 5.26 Å². The minimum Gasteiger partial charge on any atom is -0.387 e. The first-order valence-corrected chi connectivity index (χ1v) is 8.28. The molecule has 0 aliphatic rings. The molecule has 0 radical (unpaired) electrons. The van der Waals surface area contributed by atoms with Crippen LogP contribution in [0, 0.1) is 11.3 Å². The zero-order valence-electron chi connectivity index (χ0n) is 12.2. The Kier molecular flexibility index (Phi) is 6.48. The number of nitrogens with one attached hydrogen (secondary N) is 1. The third kappa shape index (κ3) is 5.29. The minimum atomic E-state index is -0.799. The van der Waals surface area contributed by atoms with E-state index in [0.717, 1.165) is 4.90 Å². The maximum Gasteiger partial charge on any atom is 0.251 e. The SMILES string of the molecule is N#CCSc1cccc(C(=O)NCC(O)c2ccc(Cl)cc2)c1. The predicted molar refractivity (Wildman–Crippen MR) is 91.5 cm³/mol. The van der Waals surface area contributed by atoms with Crippen LogP contribution in [0.5, 0.6) is 0 Å². The number of benzene rings is 2. The topological polar surface area (TPSA) is 73.1 Å². The highest BCUT2D eigenvalue weighted by Gasteiger charge is 2.11. The highest BCUT2D eigenvalue weighted by molar-refractivity contribution is 7.99. The van der Waals surface area contributed by atoms with Crippen LogP contribution >= 0.6 is 23.4 Å². The van der Waals surface area contributed by atoms with Crippen LogP contribution in [0.4, 0.5) is 0 Å². The van der Waals surface area contributed by atoms with Gasteiger partial charge >= 0.3 is 0 Å². The molecule has 2 N–H and O–H groups in total. The summed E-state index contributed by atoms with van der Waals surface area (Å²) in [5.41, 5.74) is 1.18. The molecule has 2 aromatic rings. The summed E-state index contributed by atoms with van der Waals surface area (Å²) < 4.78 is 0. The molecule has 0 heterocycles. The zero-order valence-corrected chi connectivity index (χ0v) is 13.8. The molecule has 0 aliphatic carbocycles. The van der Waals surface area contributed by atoms with Crippen molar-refractivity contribution in [3.05, 3.63) is 64.7 Å². The van der Waals surface area contributed by atoms with Crippen LogP contribution in [0.1, 0.15) is 22.0 Å². The fourth-order valence-electron chi connectivity index (χ4n) is 1.94. The largest absolute Gasteiger partial charge is 0.387 e. The number of halogens is 1. The Labute approximate surface area is 144 Å². The smallest absolute Gasteiger partial charge is 0.251 e. The highest BCUT2D eigenvalue weighted by Crippen LogP contribution is 2.19. The van der Waals surface area contributed by atoms with Crippen molar-refractivity contribution in [1.82, 2.24) is 5.32 Å². The molecule has 2 rings (SSSR count). The van der Waals surface area contributed by atoms with Gasteiger partial charge in [-0.25, -0.2) is 0 Å². The molecule has 4 nitrogen and oxygen atoms in total. The number of carbonyl (C=O) groups is 1. The molecular weight excluding hydrogens is 332 g/mol. The lowest BCUT2D eigenvalue weighted by molar-refractivity contribution is 0.0916. The lowest BCUT2D eigenvalue weighted by Gasteiger charge is -2.12. The van der Waals surface area contributed by atoms with Gasteiger partial charge in [-0.1, -0.05) is 29.8 Å². The van der Waals surface area contributed by atoms with Crippen LogP contribution in [-0.4, -0.2) is 23.3 Å². The van der Waals surface area contributed by atoms with Gasteiger partial charge in [0.2, 0.25) is 0 Å². The number of rotatable bonds is 6. The van der Waals surface area contributed by atoms with E-state index in [1.54, 1.807) is 42.5 Å². The van der Waals surface area contributed by atoms with Crippen molar-refractivity contribution in [2.45, 2.75) is 11.0 Å². The normalized spacial score (nSPS) is 11.5. The Balaban J connectivity index is 1.94. The average molecular weight is 347 g/mol. The third-order valence-electron chi connectivity index (χ3n) is 3.11. The number of carbonyl (C=O) groups excluding carboxylic acids is 1. The summed E-state index contributed by atoms with van der Waals surface area (Å²) in [6.45, 7) is 0.107. The molecular formula is C17H15ClN2O2S. The number of hydrogen-bond donors (Lipinski definition) is 2. The maximum absolute atomic E-state index is 12.1. The summed E-state index contributed by atoms with van der Waals surface area (Å²) >= 11 is 7.17. The Morgan fingerprint density at radius 3 is 2.74 bits per heavy atom. The van der Waals surface area contributed by atoms with E-state index in [1.165, 1.54) is 11.8 Å². The van der Waals surface area contributed by atoms with Crippen LogP contribution in [0.3, 0.4) is 0 Å². The van der Waals surface area contributed by atoms with Gasteiger partial charge in [0, 0.05) is 22.0 Å². The number of nitriles is 1. The van der Waals surface area contributed by atoms with Crippen LogP contribution in [0.15, 0.2) is 53.4 Å². The van der Waals surface area contributed by atoms with E-state index in [-0.39, 0.29) is 12.5 Å². The molecule has 0 saturated carbocycles. The van der Waals surface area contributed by atoms with Gasteiger partial charge in [0.1, 0.15) is 0 Å². The second kappa shape index (κ2) is 8.59. The van der Waals surface area contributed by atoms with Crippen molar-refractivity contribution >= 4 is 29.3 Å². The van der Waals surface area contributed by atoms with E-state index in [9.17, 15) is 9.90 Å². The first-order valence-electron chi connectivity index (χ1n) is 6.91.